The summed E-state index contributed by atoms with van der Waals surface area (Å²) in [5.74, 6) is 0.980. The normalized spacial score (nSPS) is 23.4. The number of hydrogen-bond acceptors (Lipinski definition) is 1. The fourth-order valence-corrected chi connectivity index (χ4v) is 1.64. The molecule has 59 valence electrons. The van der Waals surface area contributed by atoms with E-state index in [1.807, 2.05) is 0 Å². The minimum Gasteiger partial charge on any atom is -0.306 e. The van der Waals surface area contributed by atoms with Crippen LogP contribution in [0.4, 0.5) is 0 Å². The van der Waals surface area contributed by atoms with Gasteiger partial charge in [-0.1, -0.05) is 19.8 Å². The average molecular weight is 140 g/mol. The van der Waals surface area contributed by atoms with Gasteiger partial charge < -0.3 is 4.90 Å². The Kier molecular flexibility index (Phi) is 3.20. The molecular weight excluding hydrogens is 122 g/mol. The Morgan fingerprint density at radius 1 is 1.40 bits per heavy atom. The van der Waals surface area contributed by atoms with Gasteiger partial charge in [-0.3, -0.25) is 0 Å². The minimum absolute atomic E-state index is 0.980. The van der Waals surface area contributed by atoms with Crippen molar-refractivity contribution in [3.8, 4) is 0 Å². The number of rotatable bonds is 2. The lowest BCUT2D eigenvalue weighted by Crippen LogP contribution is -2.29. The van der Waals surface area contributed by atoms with E-state index >= 15 is 0 Å². The fourth-order valence-electron chi connectivity index (χ4n) is 1.64. The zero-order valence-electron chi connectivity index (χ0n) is 6.97. The van der Waals surface area contributed by atoms with Crippen molar-refractivity contribution in [2.24, 2.45) is 5.92 Å². The largest absolute Gasteiger partial charge is 0.306 e. The van der Waals surface area contributed by atoms with Gasteiger partial charge >= 0.3 is 0 Å². The molecule has 0 N–H and O–H groups in total. The summed E-state index contributed by atoms with van der Waals surface area (Å²) in [6.45, 7) is 6.48. The Balaban J connectivity index is 2.13. The summed E-state index contributed by atoms with van der Waals surface area (Å²) in [7, 11) is 2.21. The number of piperidine rings is 1. The van der Waals surface area contributed by atoms with Gasteiger partial charge in [-0.05, 0) is 38.9 Å². The Morgan fingerprint density at radius 3 is 2.50 bits per heavy atom. The summed E-state index contributed by atoms with van der Waals surface area (Å²) in [5.41, 5.74) is 0. The van der Waals surface area contributed by atoms with Gasteiger partial charge in [-0.15, -0.1) is 0 Å². The van der Waals surface area contributed by atoms with Gasteiger partial charge in [0.2, 0.25) is 0 Å². The summed E-state index contributed by atoms with van der Waals surface area (Å²) >= 11 is 0. The molecule has 1 fully saturated rings. The highest BCUT2D eigenvalue weighted by Crippen LogP contribution is 2.20. The van der Waals surface area contributed by atoms with Crippen LogP contribution in [0.25, 0.3) is 0 Å². The van der Waals surface area contributed by atoms with Crippen molar-refractivity contribution in [3.63, 3.8) is 0 Å². The number of nitrogens with zero attached hydrogens (tertiary/aromatic N) is 1. The van der Waals surface area contributed by atoms with Gasteiger partial charge in [0, 0.05) is 0 Å². The van der Waals surface area contributed by atoms with Crippen molar-refractivity contribution in [2.75, 3.05) is 20.1 Å². The van der Waals surface area contributed by atoms with Crippen LogP contribution < -0.4 is 0 Å². The molecular formula is C9H18N. The average Bonchev–Trinajstić information content (AvgIpc) is 1.95. The highest BCUT2D eigenvalue weighted by Gasteiger charge is 2.14. The monoisotopic (exact) mass is 140 g/mol. The molecule has 10 heavy (non-hydrogen) atoms. The molecule has 0 aromatic rings. The van der Waals surface area contributed by atoms with Crippen molar-refractivity contribution < 1.29 is 0 Å². The Morgan fingerprint density at radius 2 is 2.00 bits per heavy atom. The SMILES string of the molecule is [CH2]CCC1CCN(C)CC1. The Labute approximate surface area is 64.4 Å². The van der Waals surface area contributed by atoms with E-state index in [-0.39, 0.29) is 0 Å². The maximum Gasteiger partial charge on any atom is -0.00191 e. The van der Waals surface area contributed by atoms with Crippen molar-refractivity contribution in [3.05, 3.63) is 6.92 Å². The lowest BCUT2D eigenvalue weighted by atomic mass is 9.93. The first-order valence-electron chi connectivity index (χ1n) is 4.30. The second kappa shape index (κ2) is 3.97. The summed E-state index contributed by atoms with van der Waals surface area (Å²) in [4.78, 5) is 2.42. The van der Waals surface area contributed by atoms with E-state index in [4.69, 9.17) is 0 Å². The summed E-state index contributed by atoms with van der Waals surface area (Å²) in [5, 5.41) is 0. The van der Waals surface area contributed by atoms with E-state index in [9.17, 15) is 0 Å². The van der Waals surface area contributed by atoms with Crippen LogP contribution in [-0.4, -0.2) is 25.0 Å². The molecule has 0 unspecified atom stereocenters. The van der Waals surface area contributed by atoms with Gasteiger partial charge in [0.1, 0.15) is 0 Å². The van der Waals surface area contributed by atoms with Crippen molar-refractivity contribution in [1.29, 1.82) is 0 Å². The van der Waals surface area contributed by atoms with Gasteiger partial charge in [0.05, 0.1) is 0 Å². The van der Waals surface area contributed by atoms with E-state index in [0.717, 1.165) is 12.3 Å². The molecule has 0 bridgehead atoms. The molecule has 1 radical (unpaired) electrons. The smallest absolute Gasteiger partial charge is 0.00191 e. The Hall–Kier alpha value is -0.0400. The highest BCUT2D eigenvalue weighted by molar-refractivity contribution is 4.69. The van der Waals surface area contributed by atoms with Gasteiger partial charge in [-0.2, -0.15) is 0 Å². The van der Waals surface area contributed by atoms with Crippen LogP contribution in [0.1, 0.15) is 25.7 Å². The third-order valence-corrected chi connectivity index (χ3v) is 2.45. The maximum absolute atomic E-state index is 3.89. The molecule has 0 atom stereocenters. The molecule has 0 saturated carbocycles. The summed E-state index contributed by atoms with van der Waals surface area (Å²) in [6, 6.07) is 0. The van der Waals surface area contributed by atoms with Gasteiger partial charge in [0.15, 0.2) is 0 Å². The number of hydrogen-bond donors (Lipinski definition) is 0. The summed E-state index contributed by atoms with van der Waals surface area (Å²) < 4.78 is 0. The second-order valence-corrected chi connectivity index (χ2v) is 3.39. The first kappa shape index (κ1) is 8.06. The second-order valence-electron chi connectivity index (χ2n) is 3.39. The van der Waals surface area contributed by atoms with Crippen molar-refractivity contribution >= 4 is 0 Å². The zero-order valence-corrected chi connectivity index (χ0v) is 6.97. The van der Waals surface area contributed by atoms with Crippen LogP contribution in [-0.2, 0) is 0 Å². The van der Waals surface area contributed by atoms with E-state index in [0.29, 0.717) is 0 Å². The fraction of sp³-hybridized carbons (Fsp3) is 0.889. The Bertz CT molecular complexity index is 82.7. The predicted octanol–water partition coefficient (Wildman–Crippen LogP) is 1.94. The third-order valence-electron chi connectivity index (χ3n) is 2.45. The molecule has 0 aliphatic carbocycles. The minimum atomic E-state index is 0.980. The quantitative estimate of drug-likeness (QED) is 0.566. The van der Waals surface area contributed by atoms with Crippen LogP contribution in [0.15, 0.2) is 0 Å². The topological polar surface area (TPSA) is 3.24 Å². The first-order valence-corrected chi connectivity index (χ1v) is 4.30. The molecule has 1 heterocycles. The highest BCUT2D eigenvalue weighted by atomic mass is 15.1. The molecule has 1 heteroatoms. The van der Waals surface area contributed by atoms with E-state index < -0.39 is 0 Å². The summed E-state index contributed by atoms with van der Waals surface area (Å²) in [6.07, 6.45) is 5.25. The lowest BCUT2D eigenvalue weighted by molar-refractivity contribution is 0.213. The van der Waals surface area contributed by atoms with Crippen LogP contribution in [0.5, 0.6) is 0 Å². The molecule has 0 amide bonds. The van der Waals surface area contributed by atoms with E-state index in [2.05, 4.69) is 18.9 Å². The van der Waals surface area contributed by atoms with Gasteiger partial charge in [0.25, 0.3) is 0 Å². The van der Waals surface area contributed by atoms with Gasteiger partial charge in [-0.25, -0.2) is 0 Å². The van der Waals surface area contributed by atoms with Crippen LogP contribution in [0.3, 0.4) is 0 Å². The van der Waals surface area contributed by atoms with Crippen molar-refractivity contribution in [1.82, 2.24) is 4.90 Å². The molecule has 1 aliphatic rings. The molecule has 1 nitrogen and oxygen atoms in total. The van der Waals surface area contributed by atoms with Crippen LogP contribution in [0.2, 0.25) is 0 Å². The molecule has 1 rings (SSSR count). The molecule has 0 spiro atoms. The first-order chi connectivity index (χ1) is 4.83. The van der Waals surface area contributed by atoms with Crippen molar-refractivity contribution in [2.45, 2.75) is 25.7 Å². The molecule has 0 aromatic heterocycles. The lowest BCUT2D eigenvalue weighted by Gasteiger charge is -2.28. The molecule has 1 aliphatic heterocycles. The maximum atomic E-state index is 3.89. The zero-order chi connectivity index (χ0) is 7.40. The number of likely N-dealkylation sites (tertiary alicyclic amines) is 1. The molecule has 1 saturated heterocycles. The predicted molar refractivity (Wildman–Crippen MR) is 44.8 cm³/mol. The molecule has 0 aromatic carbocycles. The third kappa shape index (κ3) is 2.30. The van der Waals surface area contributed by atoms with E-state index in [1.54, 1.807) is 0 Å². The van der Waals surface area contributed by atoms with E-state index in [1.165, 1.54) is 32.4 Å². The standard InChI is InChI=1S/C9H18N/c1-3-4-9-5-7-10(2)8-6-9/h9H,1,3-8H2,2H3. The van der Waals surface area contributed by atoms with Crippen LogP contribution in [0, 0.1) is 12.8 Å². The van der Waals surface area contributed by atoms with Crippen LogP contribution >= 0.6 is 0 Å².